The van der Waals surface area contributed by atoms with Crippen molar-refractivity contribution in [3.63, 3.8) is 0 Å². The largest absolute Gasteiger partial charge is 0.495 e. The molecule has 1 saturated heterocycles. The first-order valence-electron chi connectivity index (χ1n) is 9.64. The smallest absolute Gasteiger partial charge is 0.227 e. The molecular weight excluding hydrogens is 346 g/mol. The van der Waals surface area contributed by atoms with Crippen molar-refractivity contribution in [1.29, 1.82) is 0 Å². The van der Waals surface area contributed by atoms with Crippen LogP contribution in [-0.2, 0) is 14.4 Å². The molecule has 3 rings (SSSR count). The third-order valence-electron chi connectivity index (χ3n) is 4.90. The number of rotatable bonds is 8. The summed E-state index contributed by atoms with van der Waals surface area (Å²) in [5, 5.41) is 5.72. The minimum Gasteiger partial charge on any atom is -0.495 e. The van der Waals surface area contributed by atoms with Crippen molar-refractivity contribution < 1.29 is 19.1 Å². The SMILES string of the molecule is COc1ccc(NC(=O)CCCNC(=O)C2CC2)cc1N1CCCCC1=O. The molecule has 1 aromatic carbocycles. The summed E-state index contributed by atoms with van der Waals surface area (Å²) >= 11 is 0. The fraction of sp³-hybridized carbons (Fsp3) is 0.550. The molecule has 0 atom stereocenters. The van der Waals surface area contributed by atoms with Crippen LogP contribution in [0.1, 0.15) is 44.9 Å². The lowest BCUT2D eigenvalue weighted by molar-refractivity contribution is -0.122. The number of nitrogens with zero attached hydrogens (tertiary/aromatic N) is 1. The Morgan fingerprint density at radius 3 is 2.78 bits per heavy atom. The van der Waals surface area contributed by atoms with E-state index in [9.17, 15) is 14.4 Å². The lowest BCUT2D eigenvalue weighted by Crippen LogP contribution is -2.35. The first kappa shape index (κ1) is 19.2. The number of nitrogens with one attached hydrogen (secondary N) is 2. The van der Waals surface area contributed by atoms with Crippen molar-refractivity contribution in [1.82, 2.24) is 5.32 Å². The molecule has 1 aliphatic carbocycles. The number of benzene rings is 1. The van der Waals surface area contributed by atoms with Gasteiger partial charge in [0.2, 0.25) is 17.7 Å². The Hall–Kier alpha value is -2.57. The van der Waals surface area contributed by atoms with Gasteiger partial charge in [0.15, 0.2) is 0 Å². The Kier molecular flexibility index (Phi) is 6.32. The van der Waals surface area contributed by atoms with Gasteiger partial charge in [0.05, 0.1) is 12.8 Å². The van der Waals surface area contributed by atoms with Crippen molar-refractivity contribution >= 4 is 29.1 Å². The Morgan fingerprint density at radius 1 is 1.26 bits per heavy atom. The zero-order valence-corrected chi connectivity index (χ0v) is 15.8. The molecule has 0 aromatic heterocycles. The summed E-state index contributed by atoms with van der Waals surface area (Å²) in [5.74, 6) is 0.868. The van der Waals surface area contributed by atoms with Gasteiger partial charge < -0.3 is 20.3 Å². The highest BCUT2D eigenvalue weighted by Gasteiger charge is 2.29. The second kappa shape index (κ2) is 8.88. The fourth-order valence-corrected chi connectivity index (χ4v) is 3.21. The van der Waals surface area contributed by atoms with Crippen molar-refractivity contribution in [3.05, 3.63) is 18.2 Å². The van der Waals surface area contributed by atoms with Crippen LogP contribution < -0.4 is 20.3 Å². The highest BCUT2D eigenvalue weighted by molar-refractivity contribution is 5.97. The summed E-state index contributed by atoms with van der Waals surface area (Å²) in [6.45, 7) is 1.17. The molecule has 0 unspecified atom stereocenters. The fourth-order valence-electron chi connectivity index (χ4n) is 3.21. The number of carbonyl (C=O) groups excluding carboxylic acids is 3. The summed E-state index contributed by atoms with van der Waals surface area (Å²) in [5.41, 5.74) is 1.33. The van der Waals surface area contributed by atoms with Crippen LogP contribution in [0.3, 0.4) is 0 Å². The maximum Gasteiger partial charge on any atom is 0.227 e. The number of anilines is 2. The van der Waals surface area contributed by atoms with E-state index < -0.39 is 0 Å². The van der Waals surface area contributed by atoms with E-state index in [1.807, 2.05) is 0 Å². The van der Waals surface area contributed by atoms with Gasteiger partial charge in [0.25, 0.3) is 0 Å². The second-order valence-corrected chi connectivity index (χ2v) is 7.11. The summed E-state index contributed by atoms with van der Waals surface area (Å²) in [7, 11) is 1.57. The molecule has 27 heavy (non-hydrogen) atoms. The number of methoxy groups -OCH3 is 1. The van der Waals surface area contributed by atoms with Crippen molar-refractivity contribution in [3.8, 4) is 5.75 Å². The lowest BCUT2D eigenvalue weighted by atomic mass is 10.1. The van der Waals surface area contributed by atoms with E-state index in [-0.39, 0.29) is 23.6 Å². The summed E-state index contributed by atoms with van der Waals surface area (Å²) in [6.07, 6.45) is 5.28. The quantitative estimate of drug-likeness (QED) is 0.685. The number of piperidine rings is 1. The van der Waals surface area contributed by atoms with Crippen LogP contribution >= 0.6 is 0 Å². The van der Waals surface area contributed by atoms with Gasteiger partial charge in [-0.1, -0.05) is 0 Å². The number of amides is 3. The summed E-state index contributed by atoms with van der Waals surface area (Å²) < 4.78 is 5.39. The van der Waals surface area contributed by atoms with Gasteiger partial charge in [-0.05, 0) is 50.3 Å². The number of hydrogen-bond donors (Lipinski definition) is 2. The Balaban J connectivity index is 1.54. The maximum absolute atomic E-state index is 12.2. The molecule has 2 N–H and O–H groups in total. The van der Waals surface area contributed by atoms with Gasteiger partial charge in [-0.15, -0.1) is 0 Å². The van der Waals surface area contributed by atoms with Gasteiger partial charge in [0.1, 0.15) is 5.75 Å². The number of carbonyl (C=O) groups is 3. The predicted molar refractivity (Wildman–Crippen MR) is 103 cm³/mol. The zero-order valence-electron chi connectivity index (χ0n) is 15.8. The average molecular weight is 373 g/mol. The minimum absolute atomic E-state index is 0.0782. The first-order chi connectivity index (χ1) is 13.1. The lowest BCUT2D eigenvalue weighted by Gasteiger charge is -2.28. The molecule has 1 heterocycles. The van der Waals surface area contributed by atoms with Crippen LogP contribution in [-0.4, -0.2) is 37.9 Å². The molecule has 7 heteroatoms. The predicted octanol–water partition coefficient (Wildman–Crippen LogP) is 2.46. The molecule has 2 fully saturated rings. The molecule has 0 radical (unpaired) electrons. The molecule has 2 aliphatic rings. The van der Waals surface area contributed by atoms with Crippen LogP contribution in [0.2, 0.25) is 0 Å². The molecule has 0 spiro atoms. The van der Waals surface area contributed by atoms with Gasteiger partial charge in [-0.25, -0.2) is 0 Å². The molecule has 1 aromatic rings. The van der Waals surface area contributed by atoms with Crippen molar-refractivity contribution in [2.45, 2.75) is 44.9 Å². The Bertz CT molecular complexity index is 715. The zero-order chi connectivity index (χ0) is 19.2. The summed E-state index contributed by atoms with van der Waals surface area (Å²) in [6, 6.07) is 5.32. The van der Waals surface area contributed by atoms with Crippen molar-refractivity contribution in [2.24, 2.45) is 5.92 Å². The second-order valence-electron chi connectivity index (χ2n) is 7.11. The molecule has 146 valence electrons. The summed E-state index contributed by atoms with van der Waals surface area (Å²) in [4.78, 5) is 37.7. The van der Waals surface area contributed by atoms with E-state index in [0.717, 1.165) is 25.7 Å². The van der Waals surface area contributed by atoms with E-state index in [0.29, 0.717) is 49.5 Å². The Morgan fingerprint density at radius 2 is 2.07 bits per heavy atom. The van der Waals surface area contributed by atoms with Gasteiger partial charge in [0, 0.05) is 37.5 Å². The first-order valence-corrected chi connectivity index (χ1v) is 9.64. The number of ether oxygens (including phenoxy) is 1. The molecule has 0 bridgehead atoms. The average Bonchev–Trinajstić information content (AvgIpc) is 3.51. The molecular formula is C20H27N3O4. The van der Waals surface area contributed by atoms with E-state index in [1.165, 1.54) is 0 Å². The van der Waals surface area contributed by atoms with Crippen LogP contribution in [0.4, 0.5) is 11.4 Å². The highest BCUT2D eigenvalue weighted by Crippen LogP contribution is 2.33. The van der Waals surface area contributed by atoms with Crippen LogP contribution in [0.5, 0.6) is 5.75 Å². The van der Waals surface area contributed by atoms with E-state index in [1.54, 1.807) is 30.2 Å². The van der Waals surface area contributed by atoms with Crippen LogP contribution in [0.25, 0.3) is 0 Å². The molecule has 1 aliphatic heterocycles. The van der Waals surface area contributed by atoms with Gasteiger partial charge >= 0.3 is 0 Å². The number of hydrogen-bond acceptors (Lipinski definition) is 4. The van der Waals surface area contributed by atoms with Crippen molar-refractivity contribution in [2.75, 3.05) is 30.4 Å². The molecule has 7 nitrogen and oxygen atoms in total. The highest BCUT2D eigenvalue weighted by atomic mass is 16.5. The molecule has 3 amide bonds. The monoisotopic (exact) mass is 373 g/mol. The topological polar surface area (TPSA) is 87.7 Å². The van der Waals surface area contributed by atoms with E-state index >= 15 is 0 Å². The maximum atomic E-state index is 12.2. The third-order valence-corrected chi connectivity index (χ3v) is 4.90. The van der Waals surface area contributed by atoms with Gasteiger partial charge in [-0.2, -0.15) is 0 Å². The van der Waals surface area contributed by atoms with E-state index in [2.05, 4.69) is 10.6 Å². The van der Waals surface area contributed by atoms with E-state index in [4.69, 9.17) is 4.74 Å². The van der Waals surface area contributed by atoms with Crippen LogP contribution in [0, 0.1) is 5.92 Å². The Labute approximate surface area is 159 Å². The third kappa shape index (κ3) is 5.21. The molecule has 1 saturated carbocycles. The normalized spacial score (nSPS) is 16.8. The standard InChI is InChI=1S/C20H27N3O4/c1-27-17-10-9-15(13-16(17)23-12-3-2-6-19(23)25)22-18(24)5-4-11-21-20(26)14-7-8-14/h9-10,13-14H,2-8,11-12H2,1H3,(H,21,26)(H,22,24). The minimum atomic E-state index is -0.114. The van der Waals surface area contributed by atoms with Gasteiger partial charge in [-0.3, -0.25) is 14.4 Å². The van der Waals surface area contributed by atoms with Crippen LogP contribution in [0.15, 0.2) is 18.2 Å².